The smallest absolute Gasteiger partial charge is 0.123 e. The second-order valence-corrected chi connectivity index (χ2v) is 5.19. The van der Waals surface area contributed by atoms with E-state index in [1.54, 1.807) is 12.1 Å². The maximum atomic E-state index is 12.6. The van der Waals surface area contributed by atoms with Crippen molar-refractivity contribution in [2.75, 3.05) is 0 Å². The Labute approximate surface area is 90.1 Å². The van der Waals surface area contributed by atoms with Crippen LogP contribution in [0.5, 0.6) is 0 Å². The minimum absolute atomic E-state index is 0.0768. The van der Waals surface area contributed by atoms with Gasteiger partial charge in [0.15, 0.2) is 0 Å². The third kappa shape index (κ3) is 3.30. The molecule has 0 saturated heterocycles. The highest BCUT2D eigenvalue weighted by Gasteiger charge is 2.22. The van der Waals surface area contributed by atoms with Gasteiger partial charge in [-0.1, -0.05) is 32.9 Å². The van der Waals surface area contributed by atoms with E-state index in [4.69, 9.17) is 11.6 Å². The monoisotopic (exact) mass is 214 g/mol. The lowest BCUT2D eigenvalue weighted by Crippen LogP contribution is -2.22. The molecular weight excluding hydrogens is 199 g/mol. The molecule has 14 heavy (non-hydrogen) atoms. The number of benzene rings is 1. The molecule has 0 aliphatic rings. The summed E-state index contributed by atoms with van der Waals surface area (Å²) in [4.78, 5) is 0. The van der Waals surface area contributed by atoms with Gasteiger partial charge >= 0.3 is 0 Å². The molecule has 0 spiro atoms. The molecule has 1 atom stereocenters. The number of hydrogen-bond donors (Lipinski definition) is 0. The second kappa shape index (κ2) is 4.31. The molecule has 0 amide bonds. The summed E-state index contributed by atoms with van der Waals surface area (Å²) in [6.45, 7) is 6.32. The summed E-state index contributed by atoms with van der Waals surface area (Å²) in [6, 6.07) is 6.52. The fraction of sp³-hybridized carbons (Fsp3) is 0.500. The van der Waals surface area contributed by atoms with Crippen LogP contribution < -0.4 is 0 Å². The molecule has 1 aromatic carbocycles. The number of halogens is 2. The minimum atomic E-state index is -0.198. The molecule has 1 rings (SSSR count). The average Bonchev–Trinajstić information content (AvgIpc) is 2.07. The van der Waals surface area contributed by atoms with Crippen LogP contribution in [0, 0.1) is 11.2 Å². The third-order valence-corrected chi connectivity index (χ3v) is 3.08. The summed E-state index contributed by atoms with van der Waals surface area (Å²) in [5.74, 6) is -0.198. The van der Waals surface area contributed by atoms with Gasteiger partial charge in [-0.3, -0.25) is 0 Å². The molecule has 0 bridgehead atoms. The zero-order valence-corrected chi connectivity index (χ0v) is 9.61. The van der Waals surface area contributed by atoms with E-state index in [9.17, 15) is 4.39 Å². The van der Waals surface area contributed by atoms with Crippen LogP contribution in [-0.2, 0) is 6.42 Å². The van der Waals surface area contributed by atoms with Crippen molar-refractivity contribution in [1.82, 2.24) is 0 Å². The van der Waals surface area contributed by atoms with Crippen molar-refractivity contribution in [1.29, 1.82) is 0 Å². The topological polar surface area (TPSA) is 0 Å². The molecular formula is C12H16ClF. The predicted octanol–water partition coefficient (Wildman–Crippen LogP) is 4.02. The van der Waals surface area contributed by atoms with E-state index in [0.29, 0.717) is 0 Å². The van der Waals surface area contributed by atoms with E-state index < -0.39 is 0 Å². The molecule has 0 aliphatic heterocycles. The molecule has 78 valence electrons. The molecule has 0 nitrogen and oxygen atoms in total. The van der Waals surface area contributed by atoms with Gasteiger partial charge in [-0.25, -0.2) is 4.39 Å². The Bertz CT molecular complexity index is 284. The van der Waals surface area contributed by atoms with Crippen LogP contribution in [-0.4, -0.2) is 5.38 Å². The Kier molecular flexibility index (Phi) is 3.54. The molecule has 1 aromatic rings. The lowest BCUT2D eigenvalue weighted by atomic mass is 9.88. The number of alkyl halides is 1. The Morgan fingerprint density at radius 1 is 1.21 bits per heavy atom. The minimum Gasteiger partial charge on any atom is -0.207 e. The van der Waals surface area contributed by atoms with Gasteiger partial charge in [0.1, 0.15) is 5.82 Å². The van der Waals surface area contributed by atoms with Crippen LogP contribution in [0.4, 0.5) is 4.39 Å². The molecule has 0 aromatic heterocycles. The highest BCUT2D eigenvalue weighted by Crippen LogP contribution is 2.27. The zero-order valence-electron chi connectivity index (χ0n) is 8.85. The van der Waals surface area contributed by atoms with E-state index >= 15 is 0 Å². The highest BCUT2D eigenvalue weighted by molar-refractivity contribution is 6.21. The Morgan fingerprint density at radius 2 is 1.71 bits per heavy atom. The molecule has 0 heterocycles. The van der Waals surface area contributed by atoms with E-state index in [1.165, 1.54) is 12.1 Å². The van der Waals surface area contributed by atoms with Crippen LogP contribution in [0.25, 0.3) is 0 Å². The Balaban J connectivity index is 2.65. The van der Waals surface area contributed by atoms with E-state index in [2.05, 4.69) is 20.8 Å². The lowest BCUT2D eigenvalue weighted by molar-refractivity contribution is 0.386. The normalized spacial score (nSPS) is 14.1. The maximum Gasteiger partial charge on any atom is 0.123 e. The molecule has 0 fully saturated rings. The van der Waals surface area contributed by atoms with Gasteiger partial charge in [-0.05, 0) is 29.5 Å². The first-order chi connectivity index (χ1) is 6.39. The van der Waals surface area contributed by atoms with E-state index in [0.717, 1.165) is 12.0 Å². The predicted molar refractivity (Wildman–Crippen MR) is 59.2 cm³/mol. The summed E-state index contributed by atoms with van der Waals surface area (Å²) in [6.07, 6.45) is 0.783. The highest BCUT2D eigenvalue weighted by atomic mass is 35.5. The Hall–Kier alpha value is -0.560. The van der Waals surface area contributed by atoms with Crippen LogP contribution >= 0.6 is 11.6 Å². The first kappa shape index (κ1) is 11.5. The van der Waals surface area contributed by atoms with E-state index in [1.807, 2.05) is 0 Å². The molecule has 0 N–H and O–H groups in total. The Morgan fingerprint density at radius 3 is 2.14 bits per heavy atom. The number of hydrogen-bond acceptors (Lipinski definition) is 0. The first-order valence-corrected chi connectivity index (χ1v) is 5.22. The van der Waals surface area contributed by atoms with Gasteiger partial charge < -0.3 is 0 Å². The SMILES string of the molecule is CC(C)(C)C(Cl)Cc1ccc(F)cc1. The first-order valence-electron chi connectivity index (χ1n) is 4.78. The van der Waals surface area contributed by atoms with Gasteiger partial charge in [0.2, 0.25) is 0 Å². The fourth-order valence-electron chi connectivity index (χ4n) is 1.13. The zero-order chi connectivity index (χ0) is 10.8. The van der Waals surface area contributed by atoms with Crippen molar-refractivity contribution in [3.05, 3.63) is 35.6 Å². The molecule has 2 heteroatoms. The summed E-state index contributed by atoms with van der Waals surface area (Å²) >= 11 is 6.24. The van der Waals surface area contributed by atoms with Crippen LogP contribution in [0.15, 0.2) is 24.3 Å². The van der Waals surface area contributed by atoms with Gasteiger partial charge in [0, 0.05) is 5.38 Å². The molecule has 0 radical (unpaired) electrons. The molecule has 0 aliphatic carbocycles. The summed E-state index contributed by atoms with van der Waals surface area (Å²) in [5, 5.41) is 0.0768. The van der Waals surface area contributed by atoms with Gasteiger partial charge in [-0.15, -0.1) is 11.6 Å². The second-order valence-electron chi connectivity index (χ2n) is 4.66. The largest absolute Gasteiger partial charge is 0.207 e. The fourth-order valence-corrected chi connectivity index (χ4v) is 1.31. The quantitative estimate of drug-likeness (QED) is 0.653. The van der Waals surface area contributed by atoms with Crippen molar-refractivity contribution in [3.8, 4) is 0 Å². The van der Waals surface area contributed by atoms with Crippen molar-refractivity contribution in [2.24, 2.45) is 5.41 Å². The standard InChI is InChI=1S/C12H16ClF/c1-12(2,3)11(13)8-9-4-6-10(14)7-5-9/h4-7,11H,8H2,1-3H3. The summed E-state index contributed by atoms with van der Waals surface area (Å²) in [7, 11) is 0. The van der Waals surface area contributed by atoms with Crippen LogP contribution in [0.1, 0.15) is 26.3 Å². The van der Waals surface area contributed by atoms with Crippen LogP contribution in [0.3, 0.4) is 0 Å². The van der Waals surface area contributed by atoms with E-state index in [-0.39, 0.29) is 16.6 Å². The van der Waals surface area contributed by atoms with Gasteiger partial charge in [0.05, 0.1) is 0 Å². The third-order valence-electron chi connectivity index (χ3n) is 2.27. The molecule has 1 unspecified atom stereocenters. The van der Waals surface area contributed by atoms with Crippen LogP contribution in [0.2, 0.25) is 0 Å². The summed E-state index contributed by atoms with van der Waals surface area (Å²) < 4.78 is 12.6. The van der Waals surface area contributed by atoms with Crippen molar-refractivity contribution in [3.63, 3.8) is 0 Å². The van der Waals surface area contributed by atoms with Crippen molar-refractivity contribution in [2.45, 2.75) is 32.6 Å². The van der Waals surface area contributed by atoms with Gasteiger partial charge in [-0.2, -0.15) is 0 Å². The van der Waals surface area contributed by atoms with Gasteiger partial charge in [0.25, 0.3) is 0 Å². The van der Waals surface area contributed by atoms with Crippen molar-refractivity contribution >= 4 is 11.6 Å². The lowest BCUT2D eigenvalue weighted by Gasteiger charge is -2.25. The maximum absolute atomic E-state index is 12.6. The summed E-state index contributed by atoms with van der Waals surface area (Å²) in [5.41, 5.74) is 1.16. The average molecular weight is 215 g/mol. The molecule has 0 saturated carbocycles. The number of rotatable bonds is 2. The van der Waals surface area contributed by atoms with Crippen molar-refractivity contribution < 1.29 is 4.39 Å².